The van der Waals surface area contributed by atoms with Crippen molar-refractivity contribution in [3.05, 3.63) is 70.7 Å². The quantitative estimate of drug-likeness (QED) is 0.616. The maximum absolute atomic E-state index is 12.6. The zero-order valence-electron chi connectivity index (χ0n) is 14.5. The van der Waals surface area contributed by atoms with Crippen molar-refractivity contribution in [1.29, 1.82) is 0 Å². The zero-order chi connectivity index (χ0) is 19.6. The molecule has 0 aliphatic rings. The summed E-state index contributed by atoms with van der Waals surface area (Å²) < 4.78 is 48.1. The number of hydrogen-bond donors (Lipinski definition) is 0. The predicted molar refractivity (Wildman–Crippen MR) is 89.8 cm³/mol. The Balaban J connectivity index is 1.66. The SMILES string of the molecule is Cc1ccc(C(=O)OCc2cc(-c3ccc(C(F)(F)F)cc3)no2)c(C)n1. The molecule has 0 saturated heterocycles. The Kier molecular flexibility index (Phi) is 4.98. The highest BCUT2D eigenvalue weighted by molar-refractivity contribution is 5.90. The first-order valence-electron chi connectivity index (χ1n) is 7.98. The molecule has 0 atom stereocenters. The van der Waals surface area contributed by atoms with Gasteiger partial charge in [0.05, 0.1) is 16.8 Å². The molecule has 0 spiro atoms. The minimum absolute atomic E-state index is 0.153. The van der Waals surface area contributed by atoms with Gasteiger partial charge in [0.1, 0.15) is 5.69 Å². The fourth-order valence-corrected chi connectivity index (χ4v) is 2.46. The van der Waals surface area contributed by atoms with Crippen LogP contribution in [0.3, 0.4) is 0 Å². The lowest BCUT2D eigenvalue weighted by Crippen LogP contribution is -2.08. The van der Waals surface area contributed by atoms with Crippen LogP contribution in [0, 0.1) is 13.8 Å². The molecule has 2 heterocycles. The Bertz CT molecular complexity index is 963. The van der Waals surface area contributed by atoms with Crippen LogP contribution in [0.1, 0.15) is 33.1 Å². The molecule has 0 N–H and O–H groups in total. The lowest BCUT2D eigenvalue weighted by atomic mass is 10.1. The molecule has 1 aromatic carbocycles. The molecule has 0 aliphatic heterocycles. The molecule has 3 rings (SSSR count). The average molecular weight is 376 g/mol. The third kappa shape index (κ3) is 4.33. The van der Waals surface area contributed by atoms with E-state index >= 15 is 0 Å². The molecule has 0 saturated carbocycles. The second-order valence-electron chi connectivity index (χ2n) is 5.92. The number of carbonyl (C=O) groups excluding carboxylic acids is 1. The van der Waals surface area contributed by atoms with Gasteiger partial charge in [-0.15, -0.1) is 0 Å². The van der Waals surface area contributed by atoms with Crippen LogP contribution in [0.5, 0.6) is 0 Å². The van der Waals surface area contributed by atoms with Crippen LogP contribution < -0.4 is 0 Å². The molecule has 0 fully saturated rings. The molecule has 5 nitrogen and oxygen atoms in total. The average Bonchev–Trinajstić information content (AvgIpc) is 3.08. The van der Waals surface area contributed by atoms with Gasteiger partial charge in [-0.3, -0.25) is 4.98 Å². The van der Waals surface area contributed by atoms with E-state index in [1.54, 1.807) is 19.1 Å². The molecule has 27 heavy (non-hydrogen) atoms. The first-order chi connectivity index (χ1) is 12.7. The first-order valence-corrected chi connectivity index (χ1v) is 7.98. The molecule has 0 radical (unpaired) electrons. The number of carbonyl (C=O) groups is 1. The molecular formula is C19H15F3N2O3. The third-order valence-electron chi connectivity index (χ3n) is 3.86. The van der Waals surface area contributed by atoms with Gasteiger partial charge in [-0.25, -0.2) is 4.79 Å². The van der Waals surface area contributed by atoms with Crippen molar-refractivity contribution >= 4 is 5.97 Å². The van der Waals surface area contributed by atoms with E-state index in [-0.39, 0.29) is 12.4 Å². The number of pyridine rings is 1. The molecular weight excluding hydrogens is 361 g/mol. The Morgan fingerprint density at radius 1 is 1.11 bits per heavy atom. The molecule has 3 aromatic rings. The van der Waals surface area contributed by atoms with Crippen molar-refractivity contribution in [3.8, 4) is 11.3 Å². The number of nitrogens with zero attached hydrogens (tertiary/aromatic N) is 2. The van der Waals surface area contributed by atoms with Crippen molar-refractivity contribution in [2.45, 2.75) is 26.6 Å². The number of aryl methyl sites for hydroxylation is 2. The summed E-state index contributed by atoms with van der Waals surface area (Å²) in [5.41, 5.74) is 1.77. The Hall–Kier alpha value is -3.16. The van der Waals surface area contributed by atoms with Gasteiger partial charge in [-0.1, -0.05) is 17.3 Å². The summed E-state index contributed by atoms with van der Waals surface area (Å²) >= 11 is 0. The van der Waals surface area contributed by atoms with Gasteiger partial charge in [-0.05, 0) is 38.1 Å². The predicted octanol–water partition coefficient (Wildman–Crippen LogP) is 4.73. The van der Waals surface area contributed by atoms with Gasteiger partial charge >= 0.3 is 12.1 Å². The van der Waals surface area contributed by atoms with Crippen LogP contribution in [-0.4, -0.2) is 16.1 Å². The van der Waals surface area contributed by atoms with Gasteiger partial charge < -0.3 is 9.26 Å². The molecule has 2 aromatic heterocycles. The third-order valence-corrected chi connectivity index (χ3v) is 3.86. The highest BCUT2D eigenvalue weighted by Crippen LogP contribution is 2.30. The minimum atomic E-state index is -4.40. The smallest absolute Gasteiger partial charge is 0.416 e. The summed E-state index contributed by atoms with van der Waals surface area (Å²) in [7, 11) is 0. The van der Waals surface area contributed by atoms with E-state index in [1.165, 1.54) is 18.2 Å². The summed E-state index contributed by atoms with van der Waals surface area (Å²) in [5.74, 6) is -0.275. The lowest BCUT2D eigenvalue weighted by molar-refractivity contribution is -0.137. The van der Waals surface area contributed by atoms with Crippen LogP contribution in [0.2, 0.25) is 0 Å². The number of halogens is 3. The number of benzene rings is 1. The number of rotatable bonds is 4. The molecule has 0 bridgehead atoms. The van der Waals surface area contributed by atoms with E-state index in [9.17, 15) is 18.0 Å². The van der Waals surface area contributed by atoms with Crippen LogP contribution in [0.25, 0.3) is 11.3 Å². The van der Waals surface area contributed by atoms with E-state index in [4.69, 9.17) is 9.26 Å². The molecule has 140 valence electrons. The van der Waals surface area contributed by atoms with Crippen molar-refractivity contribution in [2.75, 3.05) is 0 Å². The molecule has 8 heteroatoms. The number of alkyl halides is 3. The van der Waals surface area contributed by atoms with Crippen LogP contribution in [0.15, 0.2) is 47.0 Å². The maximum atomic E-state index is 12.6. The summed E-state index contributed by atoms with van der Waals surface area (Å²) in [6.45, 7) is 3.37. The van der Waals surface area contributed by atoms with Crippen molar-refractivity contribution in [3.63, 3.8) is 0 Å². The van der Waals surface area contributed by atoms with Gasteiger partial charge in [0.15, 0.2) is 12.4 Å². The van der Waals surface area contributed by atoms with Gasteiger partial charge in [-0.2, -0.15) is 13.2 Å². The number of aromatic nitrogens is 2. The lowest BCUT2D eigenvalue weighted by Gasteiger charge is -2.06. The first kappa shape index (κ1) is 18.6. The minimum Gasteiger partial charge on any atom is -0.454 e. The Morgan fingerprint density at radius 2 is 1.81 bits per heavy atom. The maximum Gasteiger partial charge on any atom is 0.416 e. The summed E-state index contributed by atoms with van der Waals surface area (Å²) in [6.07, 6.45) is -4.40. The normalized spacial score (nSPS) is 11.4. The monoisotopic (exact) mass is 376 g/mol. The topological polar surface area (TPSA) is 65.2 Å². The fraction of sp³-hybridized carbons (Fsp3) is 0.211. The fourth-order valence-electron chi connectivity index (χ4n) is 2.46. The number of ether oxygens (including phenoxy) is 1. The molecule has 0 amide bonds. The van der Waals surface area contributed by atoms with Crippen molar-refractivity contribution in [1.82, 2.24) is 10.1 Å². The zero-order valence-corrected chi connectivity index (χ0v) is 14.5. The second-order valence-corrected chi connectivity index (χ2v) is 5.92. The van der Waals surface area contributed by atoms with E-state index in [0.29, 0.717) is 22.5 Å². The van der Waals surface area contributed by atoms with E-state index < -0.39 is 17.7 Å². The Morgan fingerprint density at radius 3 is 2.44 bits per heavy atom. The molecule has 0 unspecified atom stereocenters. The van der Waals surface area contributed by atoms with Gasteiger partial charge in [0.2, 0.25) is 0 Å². The van der Waals surface area contributed by atoms with E-state index in [2.05, 4.69) is 10.1 Å². The summed E-state index contributed by atoms with van der Waals surface area (Å²) in [5, 5.41) is 3.80. The van der Waals surface area contributed by atoms with Crippen molar-refractivity contribution < 1.29 is 27.2 Å². The van der Waals surface area contributed by atoms with Crippen LogP contribution in [-0.2, 0) is 17.5 Å². The van der Waals surface area contributed by atoms with E-state index in [1.807, 2.05) is 6.92 Å². The highest BCUT2D eigenvalue weighted by Gasteiger charge is 2.30. The second kappa shape index (κ2) is 7.22. The highest BCUT2D eigenvalue weighted by atomic mass is 19.4. The summed E-state index contributed by atoms with van der Waals surface area (Å²) in [4.78, 5) is 16.3. The van der Waals surface area contributed by atoms with Crippen molar-refractivity contribution in [2.24, 2.45) is 0 Å². The van der Waals surface area contributed by atoms with Crippen LogP contribution in [0.4, 0.5) is 13.2 Å². The van der Waals surface area contributed by atoms with Gasteiger partial charge in [0.25, 0.3) is 0 Å². The standard InChI is InChI=1S/C19H15F3N2O3/c1-11-3-8-16(12(2)23-11)18(25)26-10-15-9-17(24-27-15)13-4-6-14(7-5-13)19(20,21)22/h3-9H,10H2,1-2H3. The largest absolute Gasteiger partial charge is 0.454 e. The van der Waals surface area contributed by atoms with Gasteiger partial charge in [0, 0.05) is 17.3 Å². The van der Waals surface area contributed by atoms with Crippen LogP contribution >= 0.6 is 0 Å². The molecule has 0 aliphatic carbocycles. The Labute approximate surface area is 152 Å². The number of hydrogen-bond acceptors (Lipinski definition) is 5. The van der Waals surface area contributed by atoms with E-state index in [0.717, 1.165) is 17.8 Å². The number of esters is 1. The summed E-state index contributed by atoms with van der Waals surface area (Å²) in [6, 6.07) is 9.40.